The van der Waals surface area contributed by atoms with Gasteiger partial charge in [0.1, 0.15) is 11.5 Å². The molecule has 0 aromatic heterocycles. The molecule has 4 heteroatoms. The van der Waals surface area contributed by atoms with E-state index in [0.717, 1.165) is 45.4 Å². The summed E-state index contributed by atoms with van der Waals surface area (Å²) in [5, 5.41) is 0. The maximum Gasteiger partial charge on any atom is 0.119 e. The van der Waals surface area contributed by atoms with E-state index in [2.05, 4.69) is 18.2 Å². The Labute approximate surface area is 166 Å². The third-order valence-electron chi connectivity index (χ3n) is 4.44. The highest BCUT2D eigenvalue weighted by Gasteiger charge is 2.04. The Morgan fingerprint density at radius 3 is 1.36 bits per heavy atom. The summed E-state index contributed by atoms with van der Waals surface area (Å²) >= 11 is 0. The number of hydrogen-bond acceptors (Lipinski definition) is 4. The molecule has 0 radical (unpaired) electrons. The van der Waals surface area contributed by atoms with E-state index in [-0.39, 0.29) is 0 Å². The fraction of sp³-hybridized carbons (Fsp3) is 0.167. The maximum atomic E-state index is 5.19. The van der Waals surface area contributed by atoms with Gasteiger partial charge in [-0.3, -0.25) is 9.98 Å². The Balaban J connectivity index is 1.83. The second-order valence-corrected chi connectivity index (χ2v) is 6.37. The van der Waals surface area contributed by atoms with Gasteiger partial charge in [-0.15, -0.1) is 0 Å². The first-order valence-corrected chi connectivity index (χ1v) is 9.08. The number of nitrogens with zero attached hydrogens (tertiary/aromatic N) is 2. The molecule has 0 aliphatic carbocycles. The van der Waals surface area contributed by atoms with Gasteiger partial charge in [0.05, 0.1) is 25.6 Å². The molecule has 0 heterocycles. The molecular formula is C24H24N2O2. The quantitative estimate of drug-likeness (QED) is 0.499. The summed E-state index contributed by atoms with van der Waals surface area (Å²) in [6, 6.07) is 23.7. The summed E-state index contributed by atoms with van der Waals surface area (Å²) < 4.78 is 10.4. The maximum absolute atomic E-state index is 5.19. The van der Waals surface area contributed by atoms with Gasteiger partial charge < -0.3 is 9.47 Å². The smallest absolute Gasteiger partial charge is 0.119 e. The number of rotatable bonds is 6. The summed E-state index contributed by atoms with van der Waals surface area (Å²) in [6.45, 7) is 4.03. The van der Waals surface area contributed by atoms with E-state index in [1.165, 1.54) is 0 Å². The van der Waals surface area contributed by atoms with Crippen molar-refractivity contribution in [1.82, 2.24) is 0 Å². The van der Waals surface area contributed by atoms with E-state index in [1.54, 1.807) is 14.2 Å². The molecule has 28 heavy (non-hydrogen) atoms. The Hall–Kier alpha value is -3.40. The molecule has 0 spiro atoms. The fourth-order valence-corrected chi connectivity index (χ4v) is 2.80. The van der Waals surface area contributed by atoms with Crippen LogP contribution in [-0.4, -0.2) is 25.6 Å². The summed E-state index contributed by atoms with van der Waals surface area (Å²) in [7, 11) is 3.32. The van der Waals surface area contributed by atoms with Crippen molar-refractivity contribution in [2.24, 2.45) is 9.98 Å². The van der Waals surface area contributed by atoms with Crippen LogP contribution in [0, 0.1) is 0 Å². The van der Waals surface area contributed by atoms with Crippen molar-refractivity contribution in [1.29, 1.82) is 0 Å². The Morgan fingerprint density at radius 2 is 1.00 bits per heavy atom. The zero-order chi connectivity index (χ0) is 19.9. The van der Waals surface area contributed by atoms with E-state index < -0.39 is 0 Å². The normalized spacial score (nSPS) is 12.0. The van der Waals surface area contributed by atoms with Gasteiger partial charge >= 0.3 is 0 Å². The van der Waals surface area contributed by atoms with Crippen LogP contribution in [0.15, 0.2) is 82.8 Å². The highest BCUT2D eigenvalue weighted by molar-refractivity contribution is 6.05. The summed E-state index contributed by atoms with van der Waals surface area (Å²) in [4.78, 5) is 9.43. The van der Waals surface area contributed by atoms with E-state index in [4.69, 9.17) is 19.5 Å². The molecule has 0 unspecified atom stereocenters. The van der Waals surface area contributed by atoms with Gasteiger partial charge in [0, 0.05) is 11.4 Å². The van der Waals surface area contributed by atoms with Crippen LogP contribution in [0.4, 0.5) is 11.4 Å². The minimum absolute atomic E-state index is 0.823. The molecule has 142 valence electrons. The lowest BCUT2D eigenvalue weighted by molar-refractivity contribution is 0.415. The Kier molecular flexibility index (Phi) is 6.22. The van der Waals surface area contributed by atoms with Gasteiger partial charge in [0.25, 0.3) is 0 Å². The topological polar surface area (TPSA) is 43.2 Å². The predicted molar refractivity (Wildman–Crippen MR) is 116 cm³/mol. The number of benzene rings is 3. The molecule has 0 bridgehead atoms. The van der Waals surface area contributed by atoms with Gasteiger partial charge in [0.15, 0.2) is 0 Å². The zero-order valence-electron chi connectivity index (χ0n) is 16.6. The highest BCUT2D eigenvalue weighted by Crippen LogP contribution is 2.21. The van der Waals surface area contributed by atoms with E-state index >= 15 is 0 Å². The van der Waals surface area contributed by atoms with Crippen molar-refractivity contribution in [2.45, 2.75) is 13.8 Å². The van der Waals surface area contributed by atoms with Crippen LogP contribution in [0.25, 0.3) is 0 Å². The van der Waals surface area contributed by atoms with Gasteiger partial charge in [-0.05, 0) is 79.6 Å². The molecule has 0 N–H and O–H groups in total. The average molecular weight is 372 g/mol. The van der Waals surface area contributed by atoms with Crippen LogP contribution in [0.3, 0.4) is 0 Å². The molecule has 0 saturated carbocycles. The minimum atomic E-state index is 0.823. The largest absolute Gasteiger partial charge is 0.497 e. The number of aliphatic imine (C=N–C) groups is 2. The van der Waals surface area contributed by atoms with Crippen molar-refractivity contribution in [3.8, 4) is 11.5 Å². The second kappa shape index (κ2) is 9.00. The van der Waals surface area contributed by atoms with Gasteiger partial charge in [-0.2, -0.15) is 0 Å². The summed E-state index contributed by atoms with van der Waals surface area (Å²) in [5.41, 5.74) is 5.82. The standard InChI is InChI=1S/C24H24N2O2/c1-17(25-21-8-12-23(27-3)13-9-21)19-6-5-7-20(16-19)18(2)26-22-10-14-24(28-4)15-11-22/h5-16H,1-4H3/b25-17+,26-18+. The number of hydrogen-bond donors (Lipinski definition) is 0. The molecule has 3 rings (SSSR count). The lowest BCUT2D eigenvalue weighted by atomic mass is 10.0. The van der Waals surface area contributed by atoms with Gasteiger partial charge in [-0.25, -0.2) is 0 Å². The van der Waals surface area contributed by atoms with Crippen LogP contribution >= 0.6 is 0 Å². The minimum Gasteiger partial charge on any atom is -0.497 e. The lowest BCUT2D eigenvalue weighted by Gasteiger charge is -2.07. The SMILES string of the molecule is COc1ccc(/N=C(\C)c2cccc(/C(C)=N/c3ccc(OC)cc3)c2)cc1. The molecule has 0 aliphatic heterocycles. The molecule has 0 saturated heterocycles. The molecule has 3 aromatic rings. The van der Waals surface area contributed by atoms with Crippen LogP contribution in [0.1, 0.15) is 25.0 Å². The summed E-state index contributed by atoms with van der Waals surface area (Å²) in [6.07, 6.45) is 0. The first-order chi connectivity index (χ1) is 13.6. The van der Waals surface area contributed by atoms with Crippen molar-refractivity contribution in [3.63, 3.8) is 0 Å². The number of methoxy groups -OCH3 is 2. The van der Waals surface area contributed by atoms with Crippen LogP contribution < -0.4 is 9.47 Å². The van der Waals surface area contributed by atoms with Crippen molar-refractivity contribution < 1.29 is 9.47 Å². The van der Waals surface area contributed by atoms with Crippen LogP contribution in [0.2, 0.25) is 0 Å². The first-order valence-electron chi connectivity index (χ1n) is 9.08. The predicted octanol–water partition coefficient (Wildman–Crippen LogP) is 5.99. The molecular weight excluding hydrogens is 348 g/mol. The van der Waals surface area contributed by atoms with Crippen LogP contribution in [-0.2, 0) is 0 Å². The zero-order valence-corrected chi connectivity index (χ0v) is 16.6. The monoisotopic (exact) mass is 372 g/mol. The average Bonchev–Trinajstić information content (AvgIpc) is 2.75. The molecule has 4 nitrogen and oxygen atoms in total. The fourth-order valence-electron chi connectivity index (χ4n) is 2.80. The Bertz CT molecular complexity index is 909. The van der Waals surface area contributed by atoms with Crippen LogP contribution in [0.5, 0.6) is 11.5 Å². The summed E-state index contributed by atoms with van der Waals surface area (Å²) in [5.74, 6) is 1.65. The van der Waals surface area contributed by atoms with Crippen molar-refractivity contribution in [2.75, 3.05) is 14.2 Å². The molecule has 0 aliphatic rings. The molecule has 0 atom stereocenters. The van der Waals surface area contributed by atoms with Gasteiger partial charge in [-0.1, -0.05) is 18.2 Å². The molecule has 0 amide bonds. The number of ether oxygens (including phenoxy) is 2. The van der Waals surface area contributed by atoms with Gasteiger partial charge in [0.2, 0.25) is 0 Å². The second-order valence-electron chi connectivity index (χ2n) is 6.37. The van der Waals surface area contributed by atoms with Crippen molar-refractivity contribution in [3.05, 3.63) is 83.9 Å². The molecule has 3 aromatic carbocycles. The third kappa shape index (κ3) is 4.86. The molecule has 0 fully saturated rings. The van der Waals surface area contributed by atoms with E-state index in [0.29, 0.717) is 0 Å². The third-order valence-corrected chi connectivity index (χ3v) is 4.44. The van der Waals surface area contributed by atoms with E-state index in [9.17, 15) is 0 Å². The first kappa shape index (κ1) is 19.4. The highest BCUT2D eigenvalue weighted by atomic mass is 16.5. The van der Waals surface area contributed by atoms with E-state index in [1.807, 2.05) is 68.4 Å². The Morgan fingerprint density at radius 1 is 0.607 bits per heavy atom. The van der Waals surface area contributed by atoms with Crippen molar-refractivity contribution >= 4 is 22.8 Å². The lowest BCUT2D eigenvalue weighted by Crippen LogP contribution is -1.99.